The number of nitrogens with two attached hydrogens (primary N) is 1. The molecule has 3 N–H and O–H groups in total. The Morgan fingerprint density at radius 2 is 2.04 bits per heavy atom. The predicted octanol–water partition coefficient (Wildman–Crippen LogP) is 3.10. The van der Waals surface area contributed by atoms with E-state index in [0.29, 0.717) is 11.7 Å². The number of nitrogen functional groups attached to an aromatic ring is 1. The molecule has 0 bridgehead atoms. The van der Waals surface area contributed by atoms with E-state index >= 15 is 0 Å². The third kappa shape index (κ3) is 2.90. The van der Waals surface area contributed by atoms with E-state index in [1.54, 1.807) is 0 Å². The van der Waals surface area contributed by atoms with E-state index in [2.05, 4.69) is 28.1 Å². The van der Waals surface area contributed by atoms with E-state index in [1.165, 1.54) is 45.2 Å². The number of piperidine rings is 1. The van der Waals surface area contributed by atoms with Crippen molar-refractivity contribution in [2.75, 3.05) is 25.4 Å². The van der Waals surface area contributed by atoms with Gasteiger partial charge in [0.25, 0.3) is 0 Å². The number of aryl methyl sites for hydroxylation is 1. The van der Waals surface area contributed by atoms with Crippen molar-refractivity contribution < 1.29 is 4.74 Å². The summed E-state index contributed by atoms with van der Waals surface area (Å²) in [5.41, 5.74) is 7.95. The summed E-state index contributed by atoms with van der Waals surface area (Å²) in [6, 6.07) is 4.96. The summed E-state index contributed by atoms with van der Waals surface area (Å²) in [5.74, 6) is 2.15. The Balaban J connectivity index is 1.34. The standard InChI is InChI=1S/C18H26N4O/c1-12-9-15(10-16-17(12)18(19)21-20-16)23-11-13-5-7-22(8-6-13)14-3-2-4-14/h9-10,13-14H,2-8,11H2,1H3,(H3,19,20,21). The number of rotatable bonds is 4. The van der Waals surface area contributed by atoms with Crippen LogP contribution in [0.15, 0.2) is 12.1 Å². The third-order valence-corrected chi connectivity index (χ3v) is 5.59. The van der Waals surface area contributed by atoms with Gasteiger partial charge < -0.3 is 15.4 Å². The molecular weight excluding hydrogens is 288 g/mol. The van der Waals surface area contributed by atoms with Crippen LogP contribution in [-0.2, 0) is 0 Å². The highest BCUT2D eigenvalue weighted by molar-refractivity contribution is 5.92. The number of ether oxygens (including phenoxy) is 1. The largest absolute Gasteiger partial charge is 0.493 e. The SMILES string of the molecule is Cc1cc(OCC2CCN(C3CCC3)CC2)cc2[nH]nc(N)c12. The zero-order valence-electron chi connectivity index (χ0n) is 13.8. The van der Waals surface area contributed by atoms with Crippen LogP contribution in [0, 0.1) is 12.8 Å². The Labute approximate surface area is 137 Å². The molecule has 1 aromatic carbocycles. The van der Waals surface area contributed by atoms with Crippen LogP contribution in [0.25, 0.3) is 10.9 Å². The van der Waals surface area contributed by atoms with E-state index in [4.69, 9.17) is 10.5 Å². The second kappa shape index (κ2) is 6.04. The molecule has 0 spiro atoms. The maximum absolute atomic E-state index is 6.07. The fraction of sp³-hybridized carbons (Fsp3) is 0.611. The van der Waals surface area contributed by atoms with Crippen LogP contribution in [0.1, 0.15) is 37.7 Å². The molecule has 124 valence electrons. The molecule has 0 radical (unpaired) electrons. The number of nitrogens with zero attached hydrogens (tertiary/aromatic N) is 2. The number of fused-ring (bicyclic) bond motifs is 1. The second-order valence-corrected chi connectivity index (χ2v) is 7.15. The fourth-order valence-electron chi connectivity index (χ4n) is 3.89. The highest BCUT2D eigenvalue weighted by Crippen LogP contribution is 2.30. The van der Waals surface area contributed by atoms with Crippen LogP contribution in [0.4, 0.5) is 5.82 Å². The molecule has 1 aliphatic heterocycles. The minimum Gasteiger partial charge on any atom is -0.493 e. The summed E-state index contributed by atoms with van der Waals surface area (Å²) in [5, 5.41) is 8.06. The summed E-state index contributed by atoms with van der Waals surface area (Å²) in [6.07, 6.45) is 6.76. The first-order valence-electron chi connectivity index (χ1n) is 8.82. The van der Waals surface area contributed by atoms with E-state index in [9.17, 15) is 0 Å². The van der Waals surface area contributed by atoms with E-state index in [-0.39, 0.29) is 0 Å². The van der Waals surface area contributed by atoms with Crippen molar-refractivity contribution in [3.63, 3.8) is 0 Å². The summed E-state index contributed by atoms with van der Waals surface area (Å²) in [4.78, 5) is 2.68. The van der Waals surface area contributed by atoms with Crippen LogP contribution in [0.3, 0.4) is 0 Å². The number of likely N-dealkylation sites (tertiary alicyclic amines) is 1. The molecule has 2 heterocycles. The van der Waals surface area contributed by atoms with Gasteiger partial charge in [-0.05, 0) is 63.2 Å². The Morgan fingerprint density at radius 3 is 2.74 bits per heavy atom. The van der Waals surface area contributed by atoms with Gasteiger partial charge >= 0.3 is 0 Å². The first-order valence-corrected chi connectivity index (χ1v) is 8.82. The first kappa shape index (κ1) is 14.8. The molecular formula is C18H26N4O. The Hall–Kier alpha value is -1.75. The van der Waals surface area contributed by atoms with Crippen LogP contribution in [-0.4, -0.2) is 40.8 Å². The van der Waals surface area contributed by atoms with Crippen molar-refractivity contribution in [1.82, 2.24) is 15.1 Å². The molecule has 2 aliphatic rings. The molecule has 0 atom stereocenters. The normalized spacial score (nSPS) is 20.7. The van der Waals surface area contributed by atoms with Gasteiger partial charge in [-0.25, -0.2) is 0 Å². The van der Waals surface area contributed by atoms with Gasteiger partial charge in [0.15, 0.2) is 5.82 Å². The van der Waals surface area contributed by atoms with Crippen molar-refractivity contribution in [2.24, 2.45) is 5.92 Å². The lowest BCUT2D eigenvalue weighted by molar-refractivity contribution is 0.0708. The number of hydrogen-bond acceptors (Lipinski definition) is 4. The van der Waals surface area contributed by atoms with Gasteiger partial charge in [0, 0.05) is 17.5 Å². The lowest BCUT2D eigenvalue weighted by atomic mass is 9.88. The van der Waals surface area contributed by atoms with Crippen LogP contribution >= 0.6 is 0 Å². The van der Waals surface area contributed by atoms with Crippen molar-refractivity contribution in [3.05, 3.63) is 17.7 Å². The van der Waals surface area contributed by atoms with Gasteiger partial charge in [0.2, 0.25) is 0 Å². The summed E-state index contributed by atoms with van der Waals surface area (Å²) >= 11 is 0. The number of H-pyrrole nitrogens is 1. The van der Waals surface area contributed by atoms with Crippen LogP contribution in [0.2, 0.25) is 0 Å². The van der Waals surface area contributed by atoms with Crippen molar-refractivity contribution >= 4 is 16.7 Å². The molecule has 23 heavy (non-hydrogen) atoms. The Bertz CT molecular complexity index is 684. The average Bonchev–Trinajstić information content (AvgIpc) is 2.87. The fourth-order valence-corrected chi connectivity index (χ4v) is 3.89. The molecule has 0 unspecified atom stereocenters. The topological polar surface area (TPSA) is 67.2 Å². The molecule has 5 heteroatoms. The van der Waals surface area contributed by atoms with E-state index in [0.717, 1.165) is 34.9 Å². The van der Waals surface area contributed by atoms with Gasteiger partial charge in [-0.3, -0.25) is 5.10 Å². The van der Waals surface area contributed by atoms with Gasteiger partial charge in [-0.2, -0.15) is 5.10 Å². The van der Waals surface area contributed by atoms with Crippen molar-refractivity contribution in [1.29, 1.82) is 0 Å². The summed E-state index contributed by atoms with van der Waals surface area (Å²) in [6.45, 7) is 5.35. The number of benzene rings is 1. The molecule has 1 saturated heterocycles. The van der Waals surface area contributed by atoms with Crippen LogP contribution in [0.5, 0.6) is 5.75 Å². The summed E-state index contributed by atoms with van der Waals surface area (Å²) in [7, 11) is 0. The number of hydrogen-bond donors (Lipinski definition) is 2. The zero-order chi connectivity index (χ0) is 15.8. The summed E-state index contributed by atoms with van der Waals surface area (Å²) < 4.78 is 6.07. The lowest BCUT2D eigenvalue weighted by Gasteiger charge is -2.41. The van der Waals surface area contributed by atoms with Gasteiger partial charge in [0.05, 0.1) is 12.1 Å². The highest BCUT2D eigenvalue weighted by atomic mass is 16.5. The maximum Gasteiger partial charge on any atom is 0.153 e. The molecule has 5 nitrogen and oxygen atoms in total. The molecule has 1 aliphatic carbocycles. The smallest absolute Gasteiger partial charge is 0.153 e. The molecule has 1 saturated carbocycles. The molecule has 0 amide bonds. The van der Waals surface area contributed by atoms with E-state index < -0.39 is 0 Å². The molecule has 1 aromatic heterocycles. The van der Waals surface area contributed by atoms with Crippen molar-refractivity contribution in [2.45, 2.75) is 45.1 Å². The lowest BCUT2D eigenvalue weighted by Crippen LogP contribution is -2.45. The molecule has 2 aromatic rings. The number of aromatic nitrogens is 2. The average molecular weight is 314 g/mol. The minimum absolute atomic E-state index is 0.562. The number of anilines is 1. The Kier molecular flexibility index (Phi) is 3.89. The number of nitrogens with one attached hydrogen (secondary N) is 1. The zero-order valence-corrected chi connectivity index (χ0v) is 13.8. The monoisotopic (exact) mass is 314 g/mol. The molecule has 4 rings (SSSR count). The van der Waals surface area contributed by atoms with Gasteiger partial charge in [-0.1, -0.05) is 6.42 Å². The highest BCUT2D eigenvalue weighted by Gasteiger charge is 2.28. The molecule has 2 fully saturated rings. The number of aromatic amines is 1. The third-order valence-electron chi connectivity index (χ3n) is 5.59. The Morgan fingerprint density at radius 1 is 1.26 bits per heavy atom. The second-order valence-electron chi connectivity index (χ2n) is 7.15. The predicted molar refractivity (Wildman–Crippen MR) is 92.7 cm³/mol. The van der Waals surface area contributed by atoms with Crippen molar-refractivity contribution in [3.8, 4) is 5.75 Å². The minimum atomic E-state index is 0.562. The quantitative estimate of drug-likeness (QED) is 0.910. The van der Waals surface area contributed by atoms with Gasteiger partial charge in [0.1, 0.15) is 5.75 Å². The first-order chi connectivity index (χ1) is 11.2. The van der Waals surface area contributed by atoms with Gasteiger partial charge in [-0.15, -0.1) is 0 Å². The van der Waals surface area contributed by atoms with Crippen LogP contribution < -0.4 is 10.5 Å². The maximum atomic E-state index is 6.07. The van der Waals surface area contributed by atoms with E-state index in [1.807, 2.05) is 6.07 Å².